The molecule has 0 radical (unpaired) electrons. The predicted octanol–water partition coefficient (Wildman–Crippen LogP) is 1.41. The molecule has 0 saturated carbocycles. The molecule has 0 heterocycles. The fourth-order valence-electron chi connectivity index (χ4n) is 0.735. The molecule has 2 unspecified atom stereocenters. The molecule has 0 aliphatic carbocycles. The van der Waals surface area contributed by atoms with Gasteiger partial charge < -0.3 is 10.8 Å². The minimum atomic E-state index is -4.35. The maximum atomic E-state index is 11.7. The summed E-state index contributed by atoms with van der Waals surface area (Å²) >= 11 is 0. The van der Waals surface area contributed by atoms with Gasteiger partial charge in [-0.2, -0.15) is 13.2 Å². The van der Waals surface area contributed by atoms with Gasteiger partial charge in [0.1, 0.15) is 6.04 Å². The third kappa shape index (κ3) is 6.65. The molecule has 0 aromatic heterocycles. The summed E-state index contributed by atoms with van der Waals surface area (Å²) in [5.74, 6) is -2.51. The first-order valence-corrected chi connectivity index (χ1v) is 3.29. The predicted molar refractivity (Wildman–Crippen MR) is 42.7 cm³/mol. The molecular formula is C6H11ClF3NO2. The lowest BCUT2D eigenvalue weighted by atomic mass is 9.99. The monoisotopic (exact) mass is 221 g/mol. The van der Waals surface area contributed by atoms with E-state index in [2.05, 4.69) is 0 Å². The number of halogens is 4. The van der Waals surface area contributed by atoms with Crippen LogP contribution in [0.4, 0.5) is 13.2 Å². The zero-order valence-electron chi connectivity index (χ0n) is 6.84. The molecule has 80 valence electrons. The summed E-state index contributed by atoms with van der Waals surface area (Å²) in [6.07, 6.45) is -5.52. The van der Waals surface area contributed by atoms with Gasteiger partial charge in [0.2, 0.25) is 0 Å². The number of nitrogens with two attached hydrogens (primary N) is 1. The van der Waals surface area contributed by atoms with Crippen molar-refractivity contribution in [3.8, 4) is 0 Å². The van der Waals surface area contributed by atoms with Crippen molar-refractivity contribution in [3.05, 3.63) is 0 Å². The van der Waals surface area contributed by atoms with Gasteiger partial charge in [0.05, 0.1) is 0 Å². The fourth-order valence-corrected chi connectivity index (χ4v) is 0.735. The first-order valence-electron chi connectivity index (χ1n) is 3.29. The number of carboxylic acids is 1. The SMILES string of the molecule is CC(CC(F)(F)F)C(N)C(=O)O.Cl. The van der Waals surface area contributed by atoms with E-state index >= 15 is 0 Å². The van der Waals surface area contributed by atoms with Gasteiger partial charge in [0.25, 0.3) is 0 Å². The molecule has 0 aromatic carbocycles. The Labute approximate surface area is 79.5 Å². The number of carbonyl (C=O) groups is 1. The summed E-state index contributed by atoms with van der Waals surface area (Å²) in [7, 11) is 0. The lowest BCUT2D eigenvalue weighted by Gasteiger charge is -2.17. The maximum Gasteiger partial charge on any atom is 0.389 e. The average Bonchev–Trinajstić information content (AvgIpc) is 1.82. The van der Waals surface area contributed by atoms with Crippen molar-refractivity contribution >= 4 is 18.4 Å². The van der Waals surface area contributed by atoms with Crippen LogP contribution in [0.2, 0.25) is 0 Å². The molecule has 0 aliphatic rings. The third-order valence-corrected chi connectivity index (χ3v) is 1.45. The van der Waals surface area contributed by atoms with Crippen molar-refractivity contribution in [3.63, 3.8) is 0 Å². The zero-order valence-corrected chi connectivity index (χ0v) is 7.65. The second kappa shape index (κ2) is 5.29. The van der Waals surface area contributed by atoms with Gasteiger partial charge in [-0.25, -0.2) is 0 Å². The summed E-state index contributed by atoms with van der Waals surface area (Å²) in [5, 5.41) is 8.26. The molecule has 7 heteroatoms. The summed E-state index contributed by atoms with van der Waals surface area (Å²) in [6, 6.07) is -1.45. The third-order valence-electron chi connectivity index (χ3n) is 1.45. The highest BCUT2D eigenvalue weighted by molar-refractivity contribution is 5.85. The molecule has 3 N–H and O–H groups in total. The van der Waals surface area contributed by atoms with E-state index in [1.165, 1.54) is 0 Å². The number of aliphatic carboxylic acids is 1. The van der Waals surface area contributed by atoms with Crippen molar-refractivity contribution in [1.82, 2.24) is 0 Å². The van der Waals surface area contributed by atoms with Crippen LogP contribution < -0.4 is 5.73 Å². The molecule has 0 saturated heterocycles. The molecule has 0 rings (SSSR count). The molecule has 2 atom stereocenters. The molecule has 0 amide bonds. The van der Waals surface area contributed by atoms with Crippen molar-refractivity contribution < 1.29 is 23.1 Å². The van der Waals surface area contributed by atoms with E-state index in [-0.39, 0.29) is 12.4 Å². The number of hydrogen-bond acceptors (Lipinski definition) is 2. The van der Waals surface area contributed by atoms with Gasteiger partial charge in [-0.3, -0.25) is 4.79 Å². The topological polar surface area (TPSA) is 63.3 Å². The van der Waals surface area contributed by atoms with Gasteiger partial charge in [-0.15, -0.1) is 12.4 Å². The van der Waals surface area contributed by atoms with Crippen molar-refractivity contribution in [2.75, 3.05) is 0 Å². The van der Waals surface area contributed by atoms with Crippen molar-refractivity contribution in [1.29, 1.82) is 0 Å². The molecule has 0 aromatic rings. The number of alkyl halides is 3. The van der Waals surface area contributed by atoms with Gasteiger partial charge in [0.15, 0.2) is 0 Å². The molecule has 0 bridgehead atoms. The Kier molecular flexibility index (Phi) is 6.10. The van der Waals surface area contributed by atoms with Crippen molar-refractivity contribution in [2.45, 2.75) is 25.6 Å². The number of hydrogen-bond donors (Lipinski definition) is 2. The maximum absolute atomic E-state index is 11.7. The van der Waals surface area contributed by atoms with Crippen LogP contribution >= 0.6 is 12.4 Å². The highest BCUT2D eigenvalue weighted by atomic mass is 35.5. The van der Waals surface area contributed by atoms with Crippen LogP contribution in [0.3, 0.4) is 0 Å². The van der Waals surface area contributed by atoms with E-state index in [4.69, 9.17) is 10.8 Å². The van der Waals surface area contributed by atoms with Crippen LogP contribution in [-0.2, 0) is 4.79 Å². The normalized spacial score (nSPS) is 15.8. The lowest BCUT2D eigenvalue weighted by molar-refractivity contribution is -0.151. The van der Waals surface area contributed by atoms with E-state index in [0.717, 1.165) is 6.92 Å². The number of carboxylic acid groups (broad SMARTS) is 1. The second-order valence-corrected chi connectivity index (χ2v) is 2.66. The molecule has 13 heavy (non-hydrogen) atoms. The largest absolute Gasteiger partial charge is 0.480 e. The highest BCUT2D eigenvalue weighted by Gasteiger charge is 2.34. The van der Waals surface area contributed by atoms with Crippen LogP contribution in [0, 0.1) is 5.92 Å². The Morgan fingerprint density at radius 3 is 2.15 bits per heavy atom. The van der Waals surface area contributed by atoms with Crippen LogP contribution in [0.25, 0.3) is 0 Å². The lowest BCUT2D eigenvalue weighted by Crippen LogP contribution is -2.38. The summed E-state index contributed by atoms with van der Waals surface area (Å²) in [6.45, 7) is 1.16. The van der Waals surface area contributed by atoms with E-state index in [0.29, 0.717) is 0 Å². The smallest absolute Gasteiger partial charge is 0.389 e. The van der Waals surface area contributed by atoms with Crippen LogP contribution in [0.15, 0.2) is 0 Å². The minimum Gasteiger partial charge on any atom is -0.480 e. The van der Waals surface area contributed by atoms with E-state index in [1.807, 2.05) is 0 Å². The van der Waals surface area contributed by atoms with Gasteiger partial charge in [0, 0.05) is 6.42 Å². The molecular weight excluding hydrogens is 211 g/mol. The molecule has 0 aliphatic heterocycles. The Balaban J connectivity index is 0. The summed E-state index contributed by atoms with van der Waals surface area (Å²) < 4.78 is 35.0. The summed E-state index contributed by atoms with van der Waals surface area (Å²) in [5.41, 5.74) is 4.97. The molecule has 3 nitrogen and oxygen atoms in total. The minimum absolute atomic E-state index is 0. The van der Waals surface area contributed by atoms with Crippen molar-refractivity contribution in [2.24, 2.45) is 11.7 Å². The average molecular weight is 222 g/mol. The van der Waals surface area contributed by atoms with E-state index in [9.17, 15) is 18.0 Å². The number of rotatable bonds is 3. The fraction of sp³-hybridized carbons (Fsp3) is 0.833. The Bertz CT molecular complexity index is 174. The van der Waals surface area contributed by atoms with E-state index in [1.54, 1.807) is 0 Å². The Morgan fingerprint density at radius 1 is 1.54 bits per heavy atom. The first-order chi connectivity index (χ1) is 5.24. The first kappa shape index (κ1) is 15.0. The Hall–Kier alpha value is -0.490. The standard InChI is InChI=1S/C6H10F3NO2.ClH/c1-3(2-6(7,8)9)4(10)5(11)12;/h3-4H,2,10H2,1H3,(H,11,12);1H. The van der Waals surface area contributed by atoms with Crippen LogP contribution in [-0.4, -0.2) is 23.3 Å². The molecule has 0 fully saturated rings. The van der Waals surface area contributed by atoms with Gasteiger partial charge in [-0.05, 0) is 5.92 Å². The second-order valence-electron chi connectivity index (χ2n) is 2.66. The Morgan fingerprint density at radius 2 is 1.92 bits per heavy atom. The molecule has 0 spiro atoms. The van der Waals surface area contributed by atoms with Gasteiger partial charge in [-0.1, -0.05) is 6.92 Å². The van der Waals surface area contributed by atoms with Crippen LogP contribution in [0.5, 0.6) is 0 Å². The quantitative estimate of drug-likeness (QED) is 0.757. The van der Waals surface area contributed by atoms with E-state index < -0.39 is 30.5 Å². The van der Waals surface area contributed by atoms with Crippen LogP contribution in [0.1, 0.15) is 13.3 Å². The zero-order chi connectivity index (χ0) is 9.94. The summed E-state index contributed by atoms with van der Waals surface area (Å²) in [4.78, 5) is 10.1. The highest BCUT2D eigenvalue weighted by Crippen LogP contribution is 2.25. The van der Waals surface area contributed by atoms with Gasteiger partial charge >= 0.3 is 12.1 Å².